The van der Waals surface area contributed by atoms with Crippen LogP contribution in [0.5, 0.6) is 5.75 Å². The maximum absolute atomic E-state index is 14.0. The Morgan fingerprint density at radius 3 is 2.27 bits per heavy atom. The van der Waals surface area contributed by atoms with Gasteiger partial charge in [-0.15, -0.1) is 0 Å². The lowest BCUT2D eigenvalue weighted by atomic mass is 9.92. The van der Waals surface area contributed by atoms with Crippen molar-refractivity contribution in [1.82, 2.24) is 0 Å². The molecule has 0 atom stereocenters. The van der Waals surface area contributed by atoms with Crippen molar-refractivity contribution in [2.45, 2.75) is 26.4 Å². The summed E-state index contributed by atoms with van der Waals surface area (Å²) >= 11 is 0. The molecule has 0 saturated carbocycles. The number of nitro groups is 2. The molecule has 3 aromatic rings. The normalized spacial score (nSPS) is 11.8. The van der Waals surface area contributed by atoms with Gasteiger partial charge in [-0.05, 0) is 26.0 Å². The number of aromatic hydroxyl groups is 1. The van der Waals surface area contributed by atoms with Gasteiger partial charge in [0.05, 0.1) is 15.4 Å². The van der Waals surface area contributed by atoms with E-state index < -0.39 is 84.4 Å². The van der Waals surface area contributed by atoms with Crippen LogP contribution in [0.1, 0.15) is 39.0 Å². The summed E-state index contributed by atoms with van der Waals surface area (Å²) in [5, 5.41) is 42.6. The SMILES string of the molecule is Cc1c(C(=O)C/C(=C\c2c(C#N)c(=O)oc3ccccc23)C(F)(F)F)c(O)c([N+](=O)[O-])c(C)c1[N+](=O)[O-]. The molecule has 190 valence electrons. The Morgan fingerprint density at radius 2 is 1.73 bits per heavy atom. The third-order valence-corrected chi connectivity index (χ3v) is 5.54. The highest BCUT2D eigenvalue weighted by Gasteiger charge is 2.39. The number of allylic oxidation sites excluding steroid dienone is 1. The molecular formula is C23H14F3N3O8. The summed E-state index contributed by atoms with van der Waals surface area (Å²) in [7, 11) is 0. The minimum atomic E-state index is -5.22. The first-order chi connectivity index (χ1) is 17.2. The van der Waals surface area contributed by atoms with Gasteiger partial charge in [-0.2, -0.15) is 18.4 Å². The van der Waals surface area contributed by atoms with Crippen LogP contribution in [0.2, 0.25) is 0 Å². The Labute approximate surface area is 204 Å². The fraction of sp³-hybridized carbons (Fsp3) is 0.174. The average molecular weight is 517 g/mol. The Balaban J connectivity index is 2.29. The van der Waals surface area contributed by atoms with Gasteiger partial charge in [-0.1, -0.05) is 18.2 Å². The highest BCUT2D eigenvalue weighted by molar-refractivity contribution is 6.04. The largest absolute Gasteiger partial charge is 0.502 e. The van der Waals surface area contributed by atoms with Crippen molar-refractivity contribution in [3.05, 3.63) is 88.3 Å². The third kappa shape index (κ3) is 4.74. The molecule has 1 aromatic heterocycles. The number of carbonyl (C=O) groups excluding carboxylic acids is 1. The molecule has 14 heteroatoms. The number of hydrogen-bond donors (Lipinski definition) is 1. The van der Waals surface area contributed by atoms with E-state index in [2.05, 4.69) is 0 Å². The van der Waals surface area contributed by atoms with Crippen molar-refractivity contribution in [2.75, 3.05) is 0 Å². The first kappa shape index (κ1) is 26.5. The number of fused-ring (bicyclic) bond motifs is 1. The van der Waals surface area contributed by atoms with Crippen LogP contribution in [0.3, 0.4) is 0 Å². The monoisotopic (exact) mass is 517 g/mol. The van der Waals surface area contributed by atoms with E-state index in [-0.39, 0.29) is 11.0 Å². The molecule has 0 spiro atoms. The highest BCUT2D eigenvalue weighted by Crippen LogP contribution is 2.43. The predicted octanol–water partition coefficient (Wildman–Crippen LogP) is 5.02. The van der Waals surface area contributed by atoms with Gasteiger partial charge in [0.25, 0.3) is 5.69 Å². The van der Waals surface area contributed by atoms with Crippen molar-refractivity contribution in [3.8, 4) is 11.8 Å². The standard InChI is InChI=1S/C23H14F3N3O8/c1-10-18(21(31)20(29(35)36)11(2)19(10)28(33)34)16(30)8-12(23(24,25)26)7-14-13-5-3-4-6-17(13)37-22(32)15(14)9-27/h3-7,31H,8H2,1-2H3/b12-7+. The van der Waals surface area contributed by atoms with E-state index in [0.717, 1.165) is 13.8 Å². The van der Waals surface area contributed by atoms with Crippen molar-refractivity contribution < 1.29 is 37.3 Å². The summed E-state index contributed by atoms with van der Waals surface area (Å²) in [6.07, 6.45) is -6.36. The van der Waals surface area contributed by atoms with E-state index in [1.54, 1.807) is 0 Å². The molecule has 2 aromatic carbocycles. The number of alkyl halides is 3. The van der Waals surface area contributed by atoms with Crippen LogP contribution in [-0.2, 0) is 0 Å². The number of halogens is 3. The summed E-state index contributed by atoms with van der Waals surface area (Å²) < 4.78 is 47.0. The Morgan fingerprint density at radius 1 is 1.14 bits per heavy atom. The summed E-state index contributed by atoms with van der Waals surface area (Å²) in [5.41, 5.74) is -8.51. The zero-order chi connectivity index (χ0) is 27.8. The van der Waals surface area contributed by atoms with Crippen LogP contribution in [0, 0.1) is 45.4 Å². The maximum Gasteiger partial charge on any atom is 0.413 e. The number of carbonyl (C=O) groups is 1. The zero-order valence-corrected chi connectivity index (χ0v) is 18.9. The van der Waals surface area contributed by atoms with Gasteiger partial charge in [0, 0.05) is 28.5 Å². The van der Waals surface area contributed by atoms with Crippen molar-refractivity contribution >= 4 is 34.2 Å². The number of rotatable bonds is 6. The fourth-order valence-corrected chi connectivity index (χ4v) is 3.92. The highest BCUT2D eigenvalue weighted by atomic mass is 19.4. The van der Waals surface area contributed by atoms with Gasteiger partial charge in [0.2, 0.25) is 5.75 Å². The zero-order valence-electron chi connectivity index (χ0n) is 18.9. The van der Waals surface area contributed by atoms with Crippen LogP contribution in [0.15, 0.2) is 39.1 Å². The van der Waals surface area contributed by atoms with Crippen molar-refractivity contribution in [3.63, 3.8) is 0 Å². The van der Waals surface area contributed by atoms with Gasteiger partial charge < -0.3 is 9.52 Å². The van der Waals surface area contributed by atoms with Gasteiger partial charge >= 0.3 is 17.5 Å². The molecule has 11 nitrogen and oxygen atoms in total. The summed E-state index contributed by atoms with van der Waals surface area (Å²) in [5.74, 6) is -2.84. The molecule has 0 aliphatic rings. The van der Waals surface area contributed by atoms with Crippen LogP contribution in [-0.4, -0.2) is 26.9 Å². The van der Waals surface area contributed by atoms with E-state index >= 15 is 0 Å². The van der Waals surface area contributed by atoms with E-state index in [9.17, 15) is 53.4 Å². The van der Waals surface area contributed by atoms with Gasteiger partial charge in [0.15, 0.2) is 5.78 Å². The molecule has 0 amide bonds. The maximum atomic E-state index is 14.0. The fourth-order valence-electron chi connectivity index (χ4n) is 3.92. The number of phenols is 1. The lowest BCUT2D eigenvalue weighted by Gasteiger charge is -2.15. The first-order valence-electron chi connectivity index (χ1n) is 10.1. The summed E-state index contributed by atoms with van der Waals surface area (Å²) in [4.78, 5) is 45.8. The van der Waals surface area contributed by atoms with Crippen molar-refractivity contribution in [2.24, 2.45) is 0 Å². The third-order valence-electron chi connectivity index (χ3n) is 5.54. The second-order valence-corrected chi connectivity index (χ2v) is 7.74. The molecule has 0 unspecified atom stereocenters. The molecule has 1 heterocycles. The molecule has 0 bridgehead atoms. The van der Waals surface area contributed by atoms with Crippen LogP contribution >= 0.6 is 0 Å². The second kappa shape index (κ2) is 9.53. The molecule has 0 fully saturated rings. The molecule has 37 heavy (non-hydrogen) atoms. The van der Waals surface area contributed by atoms with E-state index in [0.29, 0.717) is 6.08 Å². The average Bonchev–Trinajstić information content (AvgIpc) is 2.77. The number of ketones is 1. The molecular weight excluding hydrogens is 503 g/mol. The number of nitrogens with zero attached hydrogens (tertiary/aromatic N) is 3. The Kier molecular flexibility index (Phi) is 6.84. The van der Waals surface area contributed by atoms with Crippen LogP contribution in [0.4, 0.5) is 24.5 Å². The molecule has 0 aliphatic carbocycles. The number of nitro benzene ring substituents is 2. The lowest BCUT2D eigenvalue weighted by molar-refractivity contribution is -0.396. The first-order valence-corrected chi connectivity index (χ1v) is 10.1. The number of para-hydroxylation sites is 1. The molecule has 0 radical (unpaired) electrons. The summed E-state index contributed by atoms with van der Waals surface area (Å²) in [6.45, 7) is 1.91. The van der Waals surface area contributed by atoms with Gasteiger partial charge in [-0.25, -0.2) is 4.79 Å². The number of hydrogen-bond acceptors (Lipinski definition) is 9. The molecule has 3 rings (SSSR count). The van der Waals surface area contributed by atoms with Gasteiger partial charge in [0.1, 0.15) is 22.8 Å². The van der Waals surface area contributed by atoms with E-state index in [1.807, 2.05) is 0 Å². The smallest absolute Gasteiger partial charge is 0.413 e. The number of benzene rings is 2. The minimum Gasteiger partial charge on any atom is -0.502 e. The quantitative estimate of drug-likeness (QED) is 0.203. The van der Waals surface area contributed by atoms with Crippen LogP contribution in [0.25, 0.3) is 17.0 Å². The Hall–Kier alpha value is -5.06. The predicted molar refractivity (Wildman–Crippen MR) is 121 cm³/mol. The lowest BCUT2D eigenvalue weighted by Crippen LogP contribution is -2.18. The van der Waals surface area contributed by atoms with E-state index in [1.165, 1.54) is 30.3 Å². The number of Topliss-reactive ketones (excluding diaryl/α,β-unsaturated/α-hetero) is 1. The van der Waals surface area contributed by atoms with Crippen molar-refractivity contribution in [1.29, 1.82) is 5.26 Å². The molecule has 0 aliphatic heterocycles. The topological polar surface area (TPSA) is 178 Å². The molecule has 1 N–H and O–H groups in total. The second-order valence-electron chi connectivity index (χ2n) is 7.74. The Bertz CT molecular complexity index is 1590. The number of nitriles is 1. The molecule has 0 saturated heterocycles. The summed E-state index contributed by atoms with van der Waals surface area (Å²) in [6, 6.07) is 6.87. The van der Waals surface area contributed by atoms with E-state index in [4.69, 9.17) is 4.42 Å². The number of phenolic OH excluding ortho intramolecular Hbond substituents is 1. The van der Waals surface area contributed by atoms with Gasteiger partial charge in [-0.3, -0.25) is 25.0 Å². The van der Waals surface area contributed by atoms with Crippen LogP contribution < -0.4 is 5.63 Å². The minimum absolute atomic E-state index is 0.0477.